The predicted molar refractivity (Wildman–Crippen MR) is 58.5 cm³/mol. The molecule has 0 saturated carbocycles. The first-order valence-electron chi connectivity index (χ1n) is 4.06. The Morgan fingerprint density at radius 3 is 2.87 bits per heavy atom. The van der Waals surface area contributed by atoms with Gasteiger partial charge in [0.15, 0.2) is 5.75 Å². The average molecular weight is 242 g/mol. The second-order valence-corrected chi connectivity index (χ2v) is 3.66. The van der Waals surface area contributed by atoms with E-state index in [2.05, 4.69) is 4.98 Å². The summed E-state index contributed by atoms with van der Waals surface area (Å²) in [6, 6.07) is 5.10. The van der Waals surface area contributed by atoms with Crippen molar-refractivity contribution in [2.24, 2.45) is 0 Å². The molecule has 0 bridgehead atoms. The molecule has 0 spiro atoms. The summed E-state index contributed by atoms with van der Waals surface area (Å²) in [4.78, 5) is 14.4. The van der Waals surface area contributed by atoms with Gasteiger partial charge in [-0.1, -0.05) is 29.3 Å². The van der Waals surface area contributed by atoms with E-state index >= 15 is 0 Å². The van der Waals surface area contributed by atoms with Gasteiger partial charge in [0.1, 0.15) is 5.52 Å². The largest absolute Gasteiger partial charge is 0.425 e. The van der Waals surface area contributed by atoms with Crippen molar-refractivity contribution in [3.8, 4) is 5.75 Å². The lowest BCUT2D eigenvalue weighted by Gasteiger charge is -2.05. The maximum absolute atomic E-state index is 10.3. The molecule has 15 heavy (non-hydrogen) atoms. The van der Waals surface area contributed by atoms with E-state index in [0.29, 0.717) is 22.0 Å². The fourth-order valence-electron chi connectivity index (χ4n) is 1.28. The Morgan fingerprint density at radius 2 is 2.13 bits per heavy atom. The Labute approximate surface area is 95.6 Å². The summed E-state index contributed by atoms with van der Waals surface area (Å²) in [7, 11) is 0. The van der Waals surface area contributed by atoms with Crippen LogP contribution in [0.3, 0.4) is 0 Å². The van der Waals surface area contributed by atoms with Crippen LogP contribution >= 0.6 is 23.2 Å². The highest BCUT2D eigenvalue weighted by atomic mass is 35.5. The summed E-state index contributed by atoms with van der Waals surface area (Å²) in [5.74, 6) is 0.251. The molecular weight excluding hydrogens is 237 g/mol. The molecule has 1 heterocycles. The van der Waals surface area contributed by atoms with Crippen molar-refractivity contribution >= 4 is 40.6 Å². The molecule has 5 heteroatoms. The minimum Gasteiger partial charge on any atom is -0.425 e. The molecule has 0 aliphatic heterocycles. The van der Waals surface area contributed by atoms with Gasteiger partial charge in [0.05, 0.1) is 10.0 Å². The SMILES string of the molecule is O=COc1c(Cl)ccc2cc(Cl)cnc12. The quantitative estimate of drug-likeness (QED) is 0.759. The van der Waals surface area contributed by atoms with Gasteiger partial charge in [-0.2, -0.15) is 0 Å². The third kappa shape index (κ3) is 1.89. The Hall–Kier alpha value is -1.32. The summed E-state index contributed by atoms with van der Waals surface area (Å²) >= 11 is 11.6. The van der Waals surface area contributed by atoms with Gasteiger partial charge in [-0.05, 0) is 12.1 Å². The average Bonchev–Trinajstić information content (AvgIpc) is 2.22. The van der Waals surface area contributed by atoms with E-state index in [1.165, 1.54) is 6.20 Å². The maximum atomic E-state index is 10.3. The topological polar surface area (TPSA) is 39.2 Å². The molecule has 0 aliphatic rings. The number of carbonyl (C=O) groups excluding carboxylic acids is 1. The zero-order valence-corrected chi connectivity index (χ0v) is 8.92. The standard InChI is InChI=1S/C10H5Cl2NO2/c11-7-3-6-1-2-8(12)10(15-5-14)9(6)13-4-7/h1-5H. The third-order valence-corrected chi connectivity index (χ3v) is 2.40. The molecule has 0 aliphatic carbocycles. The van der Waals surface area contributed by atoms with E-state index < -0.39 is 0 Å². The molecule has 0 saturated heterocycles. The van der Waals surface area contributed by atoms with Crippen molar-refractivity contribution in [1.29, 1.82) is 0 Å². The van der Waals surface area contributed by atoms with E-state index in [4.69, 9.17) is 27.9 Å². The van der Waals surface area contributed by atoms with Crippen molar-refractivity contribution in [3.05, 3.63) is 34.4 Å². The second kappa shape index (κ2) is 4.04. The van der Waals surface area contributed by atoms with Crippen LogP contribution in [0.4, 0.5) is 0 Å². The number of hydrogen-bond acceptors (Lipinski definition) is 3. The number of halogens is 2. The van der Waals surface area contributed by atoms with Gasteiger partial charge >= 0.3 is 0 Å². The number of carbonyl (C=O) groups is 1. The van der Waals surface area contributed by atoms with Gasteiger partial charge in [0, 0.05) is 11.6 Å². The van der Waals surface area contributed by atoms with E-state index in [1.54, 1.807) is 18.2 Å². The van der Waals surface area contributed by atoms with Crippen LogP contribution in [0.2, 0.25) is 10.0 Å². The van der Waals surface area contributed by atoms with Gasteiger partial charge in [-0.3, -0.25) is 9.78 Å². The van der Waals surface area contributed by atoms with Crippen molar-refractivity contribution in [3.63, 3.8) is 0 Å². The lowest BCUT2D eigenvalue weighted by atomic mass is 10.2. The molecular formula is C10H5Cl2NO2. The van der Waals surface area contributed by atoms with E-state index in [-0.39, 0.29) is 5.75 Å². The molecule has 0 amide bonds. The molecule has 0 radical (unpaired) electrons. The summed E-state index contributed by atoms with van der Waals surface area (Å²) in [5.41, 5.74) is 0.513. The van der Waals surface area contributed by atoms with Gasteiger partial charge in [-0.25, -0.2) is 0 Å². The molecule has 3 nitrogen and oxygen atoms in total. The van der Waals surface area contributed by atoms with E-state index in [1.807, 2.05) is 0 Å². The molecule has 0 unspecified atom stereocenters. The van der Waals surface area contributed by atoms with Crippen molar-refractivity contribution in [2.75, 3.05) is 0 Å². The van der Waals surface area contributed by atoms with Crippen molar-refractivity contribution < 1.29 is 9.53 Å². The van der Waals surface area contributed by atoms with Crippen LogP contribution in [0.5, 0.6) is 5.75 Å². The van der Waals surface area contributed by atoms with Crippen LogP contribution in [0.25, 0.3) is 10.9 Å². The lowest BCUT2D eigenvalue weighted by molar-refractivity contribution is -0.120. The van der Waals surface area contributed by atoms with E-state index in [9.17, 15) is 4.79 Å². The van der Waals surface area contributed by atoms with Crippen molar-refractivity contribution in [1.82, 2.24) is 4.98 Å². The summed E-state index contributed by atoms with van der Waals surface area (Å²) in [6.07, 6.45) is 1.47. The van der Waals surface area contributed by atoms with Crippen LogP contribution in [-0.2, 0) is 4.79 Å². The molecule has 2 rings (SSSR count). The predicted octanol–water partition coefficient (Wildman–Crippen LogP) is 3.08. The maximum Gasteiger partial charge on any atom is 0.298 e. The molecule has 1 aromatic heterocycles. The Morgan fingerprint density at radius 1 is 1.33 bits per heavy atom. The summed E-state index contributed by atoms with van der Waals surface area (Å²) < 4.78 is 4.77. The minimum atomic E-state index is 0.251. The van der Waals surface area contributed by atoms with Gasteiger partial charge in [0.25, 0.3) is 6.47 Å². The highest BCUT2D eigenvalue weighted by Gasteiger charge is 2.08. The molecule has 0 N–H and O–H groups in total. The third-order valence-electron chi connectivity index (χ3n) is 1.89. The number of rotatable bonds is 2. The summed E-state index contributed by atoms with van der Waals surface area (Å²) in [5, 5.41) is 1.62. The monoisotopic (exact) mass is 241 g/mol. The molecule has 76 valence electrons. The molecule has 2 aromatic rings. The molecule has 0 atom stereocenters. The Kier molecular flexibility index (Phi) is 2.75. The normalized spacial score (nSPS) is 10.3. The van der Waals surface area contributed by atoms with Crippen LogP contribution in [-0.4, -0.2) is 11.5 Å². The first-order valence-corrected chi connectivity index (χ1v) is 4.82. The van der Waals surface area contributed by atoms with Crippen LogP contribution in [0.15, 0.2) is 24.4 Å². The Bertz CT molecular complexity index is 528. The first-order chi connectivity index (χ1) is 7.22. The number of aromatic nitrogens is 1. The van der Waals surface area contributed by atoms with Gasteiger partial charge in [0.2, 0.25) is 0 Å². The molecule has 1 aromatic carbocycles. The highest BCUT2D eigenvalue weighted by molar-refractivity contribution is 6.33. The van der Waals surface area contributed by atoms with Crippen LogP contribution in [0.1, 0.15) is 0 Å². The van der Waals surface area contributed by atoms with Gasteiger partial charge < -0.3 is 4.74 Å². The number of hydrogen-bond donors (Lipinski definition) is 0. The number of fused-ring (bicyclic) bond motifs is 1. The van der Waals surface area contributed by atoms with Gasteiger partial charge in [-0.15, -0.1) is 0 Å². The second-order valence-electron chi connectivity index (χ2n) is 2.82. The minimum absolute atomic E-state index is 0.251. The number of ether oxygens (including phenoxy) is 1. The number of pyridine rings is 1. The highest BCUT2D eigenvalue weighted by Crippen LogP contribution is 2.32. The van der Waals surface area contributed by atoms with Crippen LogP contribution < -0.4 is 4.74 Å². The number of nitrogens with zero attached hydrogens (tertiary/aromatic N) is 1. The fraction of sp³-hybridized carbons (Fsp3) is 0. The first kappa shape index (κ1) is 10.2. The van der Waals surface area contributed by atoms with Crippen molar-refractivity contribution in [2.45, 2.75) is 0 Å². The van der Waals surface area contributed by atoms with Crippen LogP contribution in [0, 0.1) is 0 Å². The summed E-state index contributed by atoms with van der Waals surface area (Å²) in [6.45, 7) is 0.316. The Balaban J connectivity index is 2.75. The smallest absolute Gasteiger partial charge is 0.298 e. The lowest BCUT2D eigenvalue weighted by Crippen LogP contribution is -1.92. The molecule has 0 fully saturated rings. The van der Waals surface area contributed by atoms with E-state index in [0.717, 1.165) is 5.39 Å². The number of benzene rings is 1. The fourth-order valence-corrected chi connectivity index (χ4v) is 1.65. The zero-order valence-electron chi connectivity index (χ0n) is 7.41. The zero-order chi connectivity index (χ0) is 10.8.